The van der Waals surface area contributed by atoms with Crippen LogP contribution in [0.2, 0.25) is 0 Å². The Morgan fingerprint density at radius 1 is 0.644 bits per heavy atom. The molecule has 4 aliphatic carbocycles. The van der Waals surface area contributed by atoms with Crippen LogP contribution in [0.15, 0.2) is 112 Å². The summed E-state index contributed by atoms with van der Waals surface area (Å²) in [6, 6.07) is 33.9. The number of benzene rings is 4. The molecule has 0 unspecified atom stereocenters. The van der Waals surface area contributed by atoms with Gasteiger partial charge in [-0.15, -0.1) is 0 Å². The van der Waals surface area contributed by atoms with Gasteiger partial charge in [-0.1, -0.05) is 47.5 Å². The third kappa shape index (κ3) is 6.51. The summed E-state index contributed by atoms with van der Waals surface area (Å²) < 4.78 is 18.1. The lowest BCUT2D eigenvalue weighted by Gasteiger charge is -2.59. The molecular weight excluding hydrogens is 577 g/mol. The van der Waals surface area contributed by atoms with Crippen LogP contribution >= 0.6 is 0 Å². The highest BCUT2D eigenvalue weighted by atomic mass is 32.2. The Morgan fingerprint density at radius 3 is 1.60 bits per heavy atom. The van der Waals surface area contributed by atoms with Crippen LogP contribution < -0.4 is 9.47 Å². The molecule has 232 valence electrons. The summed E-state index contributed by atoms with van der Waals surface area (Å²) in [6.45, 7) is 6.82. The number of ether oxygens (including phenoxy) is 3. The van der Waals surface area contributed by atoms with Crippen molar-refractivity contribution in [1.29, 1.82) is 0 Å². The summed E-state index contributed by atoms with van der Waals surface area (Å²) in [6.07, 6.45) is 6.25. The molecule has 0 aliphatic heterocycles. The predicted octanol–water partition coefficient (Wildman–Crippen LogP) is 9.11. The van der Waals surface area contributed by atoms with E-state index in [0.29, 0.717) is 24.2 Å². The van der Waals surface area contributed by atoms with Crippen LogP contribution in [0, 0.1) is 37.5 Å². The maximum atomic E-state index is 12.8. The van der Waals surface area contributed by atoms with E-state index in [1.54, 1.807) is 0 Å². The first kappa shape index (κ1) is 30.0. The Labute approximate surface area is 270 Å². The van der Waals surface area contributed by atoms with Gasteiger partial charge in [-0.3, -0.25) is 0 Å². The monoisotopic (exact) mass is 619 g/mol. The van der Waals surface area contributed by atoms with Gasteiger partial charge >= 0.3 is 5.97 Å². The van der Waals surface area contributed by atoms with Gasteiger partial charge in [-0.25, -0.2) is 4.79 Å². The molecule has 5 heteroatoms. The standard InChI is InChI=1S/C40H43O4S/c1-27-4-14-36(15-5-27)45(37-16-6-28(2)7-17-37)38-18-12-35(13-19-38)42-25-29-8-10-34(11-9-29)43-26-39(41)44-40(3)32-21-30-20-31(23-32)24-33(40)22-30/h4-19,30-33H,20-26H2,1-3H3/q+1. The smallest absolute Gasteiger partial charge is 0.344 e. The molecule has 4 aliphatic rings. The number of carbonyl (C=O) groups is 1. The molecule has 0 aromatic heterocycles. The van der Waals surface area contributed by atoms with Crippen molar-refractivity contribution in [2.45, 2.75) is 79.8 Å². The van der Waals surface area contributed by atoms with E-state index in [9.17, 15) is 4.79 Å². The summed E-state index contributed by atoms with van der Waals surface area (Å²) >= 11 is 0. The van der Waals surface area contributed by atoms with Crippen LogP contribution in [0.25, 0.3) is 0 Å². The van der Waals surface area contributed by atoms with Gasteiger partial charge in [0, 0.05) is 0 Å². The summed E-state index contributed by atoms with van der Waals surface area (Å²) in [5.41, 5.74) is 3.24. The fourth-order valence-electron chi connectivity index (χ4n) is 7.98. The number of aryl methyl sites for hydroxylation is 2. The molecule has 8 rings (SSSR count). The minimum Gasteiger partial charge on any atom is -0.489 e. The predicted molar refractivity (Wildman–Crippen MR) is 179 cm³/mol. The van der Waals surface area contributed by atoms with Gasteiger partial charge in [0.1, 0.15) is 23.7 Å². The highest BCUT2D eigenvalue weighted by Crippen LogP contribution is 2.59. The second-order valence-corrected chi connectivity index (χ2v) is 15.6. The molecule has 0 N–H and O–H groups in total. The lowest BCUT2D eigenvalue weighted by atomic mass is 9.50. The van der Waals surface area contributed by atoms with Gasteiger partial charge in [-0.2, -0.15) is 0 Å². The Kier molecular flexibility index (Phi) is 8.39. The molecule has 4 fully saturated rings. The second-order valence-electron chi connectivity index (χ2n) is 13.6. The molecule has 4 nitrogen and oxygen atoms in total. The first-order valence-corrected chi connectivity index (χ1v) is 17.6. The Bertz CT molecular complexity index is 1540. The van der Waals surface area contributed by atoms with E-state index < -0.39 is 0 Å². The Balaban J connectivity index is 0.931. The SMILES string of the molecule is Cc1ccc([S+](c2ccc(C)cc2)c2ccc(OCc3ccc(OCC(=O)OC4(C)C5CC6CC(C5)CC4C6)cc3)cc2)cc1. The quantitative estimate of drug-likeness (QED) is 0.131. The minimum absolute atomic E-state index is 0.0586. The molecule has 0 amide bonds. The number of esters is 1. The van der Waals surface area contributed by atoms with Gasteiger partial charge in [0.05, 0.1) is 10.9 Å². The molecule has 4 aromatic carbocycles. The Hall–Kier alpha value is -3.70. The van der Waals surface area contributed by atoms with Crippen LogP contribution in [0.3, 0.4) is 0 Å². The zero-order valence-corrected chi connectivity index (χ0v) is 27.4. The lowest BCUT2D eigenvalue weighted by Crippen LogP contribution is -2.58. The fourth-order valence-corrected chi connectivity index (χ4v) is 10.0. The average molecular weight is 620 g/mol. The second kappa shape index (κ2) is 12.6. The van der Waals surface area contributed by atoms with E-state index in [-0.39, 0.29) is 29.1 Å². The Morgan fingerprint density at radius 2 is 1.09 bits per heavy atom. The average Bonchev–Trinajstić information content (AvgIpc) is 3.04. The summed E-state index contributed by atoms with van der Waals surface area (Å²) in [5, 5.41) is 0. The fraction of sp³-hybridized carbons (Fsp3) is 0.375. The van der Waals surface area contributed by atoms with Gasteiger partial charge in [-0.05, 0) is 143 Å². The van der Waals surface area contributed by atoms with E-state index in [2.05, 4.69) is 93.6 Å². The van der Waals surface area contributed by atoms with Crippen molar-refractivity contribution in [1.82, 2.24) is 0 Å². The normalized spacial score (nSPS) is 24.9. The molecule has 0 spiro atoms. The molecule has 4 saturated carbocycles. The number of hydrogen-bond donors (Lipinski definition) is 0. The first-order valence-electron chi connectivity index (χ1n) is 16.4. The molecule has 0 saturated heterocycles. The molecule has 0 heterocycles. The van der Waals surface area contributed by atoms with Crippen LogP contribution in [0.1, 0.15) is 55.7 Å². The van der Waals surface area contributed by atoms with Crippen LogP contribution in [0.5, 0.6) is 11.5 Å². The van der Waals surface area contributed by atoms with Gasteiger partial charge < -0.3 is 14.2 Å². The maximum absolute atomic E-state index is 12.8. The summed E-state index contributed by atoms with van der Waals surface area (Å²) in [4.78, 5) is 16.7. The van der Waals surface area contributed by atoms with Gasteiger partial charge in [0.25, 0.3) is 0 Å². The van der Waals surface area contributed by atoms with Crippen LogP contribution in [-0.4, -0.2) is 18.2 Å². The largest absolute Gasteiger partial charge is 0.489 e. The van der Waals surface area contributed by atoms with Crippen molar-refractivity contribution in [3.05, 3.63) is 114 Å². The van der Waals surface area contributed by atoms with E-state index in [4.69, 9.17) is 14.2 Å². The van der Waals surface area contributed by atoms with E-state index in [1.165, 1.54) is 57.9 Å². The maximum Gasteiger partial charge on any atom is 0.344 e. The molecule has 4 bridgehead atoms. The summed E-state index contributed by atoms with van der Waals surface area (Å²) in [7, 11) is -0.196. The lowest BCUT2D eigenvalue weighted by molar-refractivity contribution is -0.204. The zero-order valence-electron chi connectivity index (χ0n) is 26.5. The van der Waals surface area contributed by atoms with Crippen molar-refractivity contribution in [3.63, 3.8) is 0 Å². The van der Waals surface area contributed by atoms with E-state index >= 15 is 0 Å². The molecule has 45 heavy (non-hydrogen) atoms. The van der Waals surface area contributed by atoms with Crippen molar-refractivity contribution in [3.8, 4) is 11.5 Å². The van der Waals surface area contributed by atoms with E-state index in [0.717, 1.165) is 23.1 Å². The van der Waals surface area contributed by atoms with Crippen molar-refractivity contribution >= 4 is 16.9 Å². The topological polar surface area (TPSA) is 44.8 Å². The number of hydrogen-bond acceptors (Lipinski definition) is 4. The molecule has 0 radical (unpaired) electrons. The third-order valence-electron chi connectivity index (χ3n) is 10.4. The van der Waals surface area contributed by atoms with E-state index in [1.807, 2.05) is 24.3 Å². The number of rotatable bonds is 10. The summed E-state index contributed by atoms with van der Waals surface area (Å²) in [5.74, 6) is 3.95. The van der Waals surface area contributed by atoms with Crippen molar-refractivity contribution < 1.29 is 19.0 Å². The zero-order chi connectivity index (χ0) is 31.0. The third-order valence-corrected chi connectivity index (χ3v) is 12.6. The van der Waals surface area contributed by atoms with Gasteiger partial charge in [0.2, 0.25) is 0 Å². The molecule has 0 atom stereocenters. The first-order chi connectivity index (χ1) is 21.8. The van der Waals surface area contributed by atoms with Crippen molar-refractivity contribution in [2.24, 2.45) is 23.7 Å². The van der Waals surface area contributed by atoms with Gasteiger partial charge in [0.15, 0.2) is 21.3 Å². The molecule has 4 aromatic rings. The van der Waals surface area contributed by atoms with Crippen LogP contribution in [-0.2, 0) is 27.0 Å². The highest BCUT2D eigenvalue weighted by Gasteiger charge is 2.57. The molecular formula is C40H43O4S+. The minimum atomic E-state index is -0.323. The van der Waals surface area contributed by atoms with Crippen LogP contribution in [0.4, 0.5) is 0 Å². The number of carbonyl (C=O) groups excluding carboxylic acids is 1. The van der Waals surface area contributed by atoms with Crippen molar-refractivity contribution in [2.75, 3.05) is 6.61 Å². The highest BCUT2D eigenvalue weighted by molar-refractivity contribution is 7.97.